The van der Waals surface area contributed by atoms with Crippen molar-refractivity contribution in [1.82, 2.24) is 10.9 Å². The molecule has 0 atom stereocenters. The second-order valence-electron chi connectivity index (χ2n) is 6.98. The van der Waals surface area contributed by atoms with Crippen molar-refractivity contribution in [3.05, 3.63) is 65.2 Å². The molecule has 0 radical (unpaired) electrons. The normalized spacial score (nSPS) is 10.7. The Morgan fingerprint density at radius 3 is 2.04 bits per heavy atom. The van der Waals surface area contributed by atoms with Crippen LogP contribution in [0.25, 0.3) is 0 Å². The predicted octanol–water partition coefficient (Wildman–Crippen LogP) is 3.42. The highest BCUT2D eigenvalue weighted by Gasteiger charge is 2.16. The predicted molar refractivity (Wildman–Crippen MR) is 102 cm³/mol. The van der Waals surface area contributed by atoms with Crippen LogP contribution < -0.4 is 16.2 Å². The summed E-state index contributed by atoms with van der Waals surface area (Å²) in [4.78, 5) is 36.1. The van der Waals surface area contributed by atoms with Crippen molar-refractivity contribution < 1.29 is 19.1 Å². The summed E-state index contributed by atoms with van der Waals surface area (Å²) in [7, 11) is 0. The van der Waals surface area contributed by atoms with Crippen molar-refractivity contribution in [2.45, 2.75) is 33.3 Å². The zero-order valence-electron chi connectivity index (χ0n) is 15.8. The number of aryl methyl sites for hydroxylation is 1. The first-order chi connectivity index (χ1) is 12.6. The molecule has 27 heavy (non-hydrogen) atoms. The lowest BCUT2D eigenvalue weighted by atomic mass is 10.1. The zero-order chi connectivity index (χ0) is 20.0. The molecule has 2 aromatic rings. The summed E-state index contributed by atoms with van der Waals surface area (Å²) in [6, 6.07) is 13.2. The second-order valence-corrected chi connectivity index (χ2v) is 6.98. The first-order valence-corrected chi connectivity index (χ1v) is 8.41. The molecule has 2 aromatic carbocycles. The molecule has 0 aliphatic carbocycles. The van der Waals surface area contributed by atoms with E-state index in [-0.39, 0.29) is 5.56 Å². The molecule has 0 fully saturated rings. The fraction of sp³-hybridized carbons (Fsp3) is 0.250. The van der Waals surface area contributed by atoms with Gasteiger partial charge < -0.3 is 4.74 Å². The van der Waals surface area contributed by atoms with E-state index in [1.807, 2.05) is 19.1 Å². The Morgan fingerprint density at radius 1 is 0.852 bits per heavy atom. The number of benzene rings is 2. The van der Waals surface area contributed by atoms with Crippen molar-refractivity contribution in [3.8, 4) is 0 Å². The monoisotopic (exact) mass is 369 g/mol. The molecular weight excluding hydrogens is 346 g/mol. The maximum Gasteiger partial charge on any atom is 0.412 e. The average molecular weight is 369 g/mol. The van der Waals surface area contributed by atoms with Gasteiger partial charge in [-0.25, -0.2) is 4.79 Å². The highest BCUT2D eigenvalue weighted by molar-refractivity contribution is 6.00. The molecule has 0 aliphatic heterocycles. The summed E-state index contributed by atoms with van der Waals surface area (Å²) < 4.78 is 5.17. The Bertz CT molecular complexity index is 839. The number of anilines is 1. The minimum Gasteiger partial charge on any atom is -0.444 e. The van der Waals surface area contributed by atoms with E-state index in [9.17, 15) is 14.4 Å². The summed E-state index contributed by atoms with van der Waals surface area (Å²) in [5, 5.41) is 2.56. The fourth-order valence-corrected chi connectivity index (χ4v) is 2.12. The van der Waals surface area contributed by atoms with E-state index in [2.05, 4.69) is 16.2 Å². The molecule has 0 aliphatic rings. The summed E-state index contributed by atoms with van der Waals surface area (Å²) in [6.07, 6.45) is -0.618. The molecular formula is C20H23N3O4. The highest BCUT2D eigenvalue weighted by Crippen LogP contribution is 2.13. The van der Waals surface area contributed by atoms with Gasteiger partial charge in [-0.15, -0.1) is 0 Å². The Labute approximate surface area is 158 Å². The van der Waals surface area contributed by atoms with Gasteiger partial charge in [-0.3, -0.25) is 25.8 Å². The average Bonchev–Trinajstić information content (AvgIpc) is 2.58. The number of hydrogen-bond acceptors (Lipinski definition) is 4. The molecule has 3 N–H and O–H groups in total. The minimum absolute atomic E-state index is 0.271. The lowest BCUT2D eigenvalue weighted by molar-refractivity contribution is 0.0635. The van der Waals surface area contributed by atoms with Gasteiger partial charge in [0.25, 0.3) is 11.8 Å². The zero-order valence-corrected chi connectivity index (χ0v) is 15.8. The van der Waals surface area contributed by atoms with Gasteiger partial charge in [0.2, 0.25) is 0 Å². The maximum absolute atomic E-state index is 12.2. The molecule has 0 heterocycles. The molecule has 7 nitrogen and oxygen atoms in total. The van der Waals surface area contributed by atoms with Crippen molar-refractivity contribution in [2.24, 2.45) is 0 Å². The number of nitrogens with one attached hydrogen (secondary N) is 3. The van der Waals surface area contributed by atoms with Crippen LogP contribution in [0.5, 0.6) is 0 Å². The number of rotatable bonds is 3. The van der Waals surface area contributed by atoms with Crippen molar-refractivity contribution in [3.63, 3.8) is 0 Å². The van der Waals surface area contributed by atoms with E-state index in [0.717, 1.165) is 5.56 Å². The number of hydrazine groups is 1. The van der Waals surface area contributed by atoms with Crippen LogP contribution >= 0.6 is 0 Å². The van der Waals surface area contributed by atoms with Crippen LogP contribution in [-0.4, -0.2) is 23.5 Å². The third kappa shape index (κ3) is 6.47. The number of carbonyl (C=O) groups is 3. The molecule has 3 amide bonds. The number of hydrogen-bond donors (Lipinski definition) is 3. The van der Waals surface area contributed by atoms with Gasteiger partial charge in [0, 0.05) is 16.8 Å². The number of ether oxygens (including phenoxy) is 1. The third-order valence-electron chi connectivity index (χ3n) is 3.37. The number of carbonyl (C=O) groups excluding carboxylic acids is 3. The van der Waals surface area contributed by atoms with Crippen molar-refractivity contribution >= 4 is 23.6 Å². The third-order valence-corrected chi connectivity index (χ3v) is 3.37. The quantitative estimate of drug-likeness (QED) is 0.722. The van der Waals surface area contributed by atoms with Gasteiger partial charge >= 0.3 is 6.09 Å². The van der Waals surface area contributed by atoms with Gasteiger partial charge in [-0.1, -0.05) is 23.8 Å². The molecule has 0 spiro atoms. The first-order valence-electron chi connectivity index (χ1n) is 8.41. The van der Waals surface area contributed by atoms with Crippen LogP contribution in [0.2, 0.25) is 0 Å². The van der Waals surface area contributed by atoms with E-state index in [4.69, 9.17) is 4.74 Å². The first kappa shape index (κ1) is 20.0. The molecule has 0 unspecified atom stereocenters. The van der Waals surface area contributed by atoms with Crippen molar-refractivity contribution in [1.29, 1.82) is 0 Å². The van der Waals surface area contributed by atoms with Gasteiger partial charge in [0.05, 0.1) is 0 Å². The minimum atomic E-state index is -0.626. The van der Waals surface area contributed by atoms with Gasteiger partial charge in [-0.05, 0) is 58.0 Å². The molecule has 7 heteroatoms. The van der Waals surface area contributed by atoms with Crippen LogP contribution in [0.15, 0.2) is 48.5 Å². The Kier molecular flexibility index (Phi) is 6.18. The van der Waals surface area contributed by atoms with Gasteiger partial charge in [0.15, 0.2) is 0 Å². The van der Waals surface area contributed by atoms with E-state index < -0.39 is 23.5 Å². The largest absolute Gasteiger partial charge is 0.444 e. The molecule has 0 saturated heterocycles. The lowest BCUT2D eigenvalue weighted by Crippen LogP contribution is -2.41. The molecule has 0 bridgehead atoms. The van der Waals surface area contributed by atoms with Gasteiger partial charge in [0.1, 0.15) is 5.60 Å². The van der Waals surface area contributed by atoms with Crippen molar-refractivity contribution in [2.75, 3.05) is 5.32 Å². The Hall–Kier alpha value is -3.35. The van der Waals surface area contributed by atoms with Crippen LogP contribution in [0.4, 0.5) is 10.5 Å². The topological polar surface area (TPSA) is 96.5 Å². The summed E-state index contributed by atoms with van der Waals surface area (Å²) in [5.74, 6) is -0.935. The van der Waals surface area contributed by atoms with Crippen LogP contribution in [-0.2, 0) is 4.74 Å². The SMILES string of the molecule is Cc1ccc(C(=O)NNC(=O)c2cccc(NC(=O)OC(C)(C)C)c2)cc1. The standard InChI is InChI=1S/C20H23N3O4/c1-13-8-10-14(11-9-13)17(24)22-23-18(25)15-6-5-7-16(12-15)21-19(26)27-20(2,3)4/h5-12H,1-4H3,(H,21,26)(H,22,24)(H,23,25). The lowest BCUT2D eigenvalue weighted by Gasteiger charge is -2.19. The van der Waals surface area contributed by atoms with Crippen LogP contribution in [0.1, 0.15) is 47.1 Å². The Morgan fingerprint density at radius 2 is 1.44 bits per heavy atom. The maximum atomic E-state index is 12.2. The summed E-state index contributed by atoms with van der Waals surface area (Å²) >= 11 is 0. The van der Waals surface area contributed by atoms with E-state index >= 15 is 0 Å². The Balaban J connectivity index is 1.95. The number of amides is 3. The van der Waals surface area contributed by atoms with Gasteiger partial charge in [-0.2, -0.15) is 0 Å². The highest BCUT2D eigenvalue weighted by atomic mass is 16.6. The van der Waals surface area contributed by atoms with E-state index in [1.54, 1.807) is 51.1 Å². The molecule has 142 valence electrons. The van der Waals surface area contributed by atoms with Crippen LogP contribution in [0, 0.1) is 6.92 Å². The van der Waals surface area contributed by atoms with Crippen LogP contribution in [0.3, 0.4) is 0 Å². The fourth-order valence-electron chi connectivity index (χ4n) is 2.12. The smallest absolute Gasteiger partial charge is 0.412 e. The molecule has 0 aromatic heterocycles. The molecule has 2 rings (SSSR count). The summed E-state index contributed by atoms with van der Waals surface area (Å²) in [5.41, 5.74) is 6.22. The van der Waals surface area contributed by atoms with E-state index in [0.29, 0.717) is 11.3 Å². The summed E-state index contributed by atoms with van der Waals surface area (Å²) in [6.45, 7) is 7.19. The molecule has 0 saturated carbocycles. The second kappa shape index (κ2) is 8.35. The van der Waals surface area contributed by atoms with E-state index in [1.165, 1.54) is 6.07 Å².